The second-order valence-corrected chi connectivity index (χ2v) is 8.15. The number of hydrogen-bond donors (Lipinski definition) is 0. The largest absolute Gasteiger partial charge is 0.300 e. The molecule has 1 saturated heterocycles. The lowest BCUT2D eigenvalue weighted by Crippen LogP contribution is -2.31. The first-order valence-electron chi connectivity index (χ1n) is 9.60. The summed E-state index contributed by atoms with van der Waals surface area (Å²) in [7, 11) is 4.10. The van der Waals surface area contributed by atoms with Crippen molar-refractivity contribution in [1.82, 2.24) is 24.6 Å². The highest BCUT2D eigenvalue weighted by molar-refractivity contribution is 7.99. The Labute approximate surface area is 170 Å². The number of carbonyl (C=O) groups excluding carboxylic acids is 2. The van der Waals surface area contributed by atoms with E-state index >= 15 is 0 Å². The molecule has 1 aliphatic heterocycles. The first-order valence-corrected chi connectivity index (χ1v) is 10.6. The van der Waals surface area contributed by atoms with Gasteiger partial charge in [-0.2, -0.15) is 0 Å². The predicted molar refractivity (Wildman–Crippen MR) is 109 cm³/mol. The summed E-state index contributed by atoms with van der Waals surface area (Å²) in [6, 6.07) is 10.4. The molecule has 2 heterocycles. The van der Waals surface area contributed by atoms with Crippen LogP contribution in [0.3, 0.4) is 0 Å². The summed E-state index contributed by atoms with van der Waals surface area (Å²) < 4.78 is 2.15. The van der Waals surface area contributed by atoms with Crippen molar-refractivity contribution in [3.8, 4) is 0 Å². The van der Waals surface area contributed by atoms with Crippen LogP contribution in [0.2, 0.25) is 0 Å². The number of amides is 2. The van der Waals surface area contributed by atoms with E-state index in [-0.39, 0.29) is 17.9 Å². The molecule has 2 amide bonds. The molecule has 0 aliphatic carbocycles. The van der Waals surface area contributed by atoms with Crippen LogP contribution < -0.4 is 0 Å². The Bertz CT molecular complexity index is 805. The molecule has 0 bridgehead atoms. The zero-order chi connectivity index (χ0) is 20.1. The zero-order valence-corrected chi connectivity index (χ0v) is 17.5. The first-order chi connectivity index (χ1) is 13.5. The molecule has 150 valence electrons. The van der Waals surface area contributed by atoms with Gasteiger partial charge in [-0.3, -0.25) is 19.4 Å². The molecule has 28 heavy (non-hydrogen) atoms. The molecule has 0 spiro atoms. The second-order valence-electron chi connectivity index (χ2n) is 7.09. The van der Waals surface area contributed by atoms with Crippen molar-refractivity contribution in [2.75, 3.05) is 26.4 Å². The summed E-state index contributed by atoms with van der Waals surface area (Å²) in [6.07, 6.45) is 1.60. The molecule has 2 aromatic rings. The molecule has 1 fully saturated rings. The molecule has 7 nitrogen and oxygen atoms in total. The molecule has 1 unspecified atom stereocenters. The van der Waals surface area contributed by atoms with E-state index in [0.29, 0.717) is 31.7 Å². The Morgan fingerprint density at radius 1 is 1.11 bits per heavy atom. The lowest BCUT2D eigenvalue weighted by molar-refractivity contribution is -0.137. The average molecular weight is 402 g/mol. The van der Waals surface area contributed by atoms with E-state index < -0.39 is 0 Å². The van der Waals surface area contributed by atoms with Gasteiger partial charge < -0.3 is 4.57 Å². The van der Waals surface area contributed by atoms with Gasteiger partial charge in [0, 0.05) is 25.1 Å². The van der Waals surface area contributed by atoms with Crippen LogP contribution in [0.1, 0.15) is 43.6 Å². The van der Waals surface area contributed by atoms with Gasteiger partial charge >= 0.3 is 0 Å². The zero-order valence-electron chi connectivity index (χ0n) is 16.7. The maximum Gasteiger partial charge on any atom is 0.229 e. The van der Waals surface area contributed by atoms with Crippen LogP contribution >= 0.6 is 11.8 Å². The van der Waals surface area contributed by atoms with Crippen LogP contribution in [0.15, 0.2) is 35.5 Å². The maximum atomic E-state index is 11.8. The summed E-state index contributed by atoms with van der Waals surface area (Å²) in [5.74, 6) is 1.40. The van der Waals surface area contributed by atoms with Crippen LogP contribution in [0.25, 0.3) is 0 Å². The van der Waals surface area contributed by atoms with Crippen molar-refractivity contribution in [2.24, 2.45) is 0 Å². The fourth-order valence-corrected chi connectivity index (χ4v) is 4.32. The van der Waals surface area contributed by atoms with Crippen molar-refractivity contribution < 1.29 is 9.59 Å². The van der Waals surface area contributed by atoms with E-state index in [4.69, 9.17) is 0 Å². The third-order valence-electron chi connectivity index (χ3n) is 4.94. The van der Waals surface area contributed by atoms with Crippen LogP contribution in [0.4, 0.5) is 0 Å². The SMILES string of the molecule is CCC(c1nnc(SCCN2C(=O)CCC2=O)n1Cc1ccccc1)N(C)C. The minimum absolute atomic E-state index is 0.0734. The lowest BCUT2D eigenvalue weighted by Gasteiger charge is -2.23. The molecule has 1 atom stereocenters. The standard InChI is InChI=1S/C20H27N5O2S/c1-4-16(23(2)3)19-21-22-20(25(19)14-15-8-6-5-7-9-15)28-13-12-24-17(26)10-11-18(24)27/h5-9,16H,4,10-14H2,1-3H3. The Hall–Kier alpha value is -2.19. The summed E-state index contributed by atoms with van der Waals surface area (Å²) in [6.45, 7) is 3.25. The van der Waals surface area contributed by atoms with Gasteiger partial charge in [0.25, 0.3) is 0 Å². The van der Waals surface area contributed by atoms with E-state index in [9.17, 15) is 9.59 Å². The predicted octanol–water partition coefficient (Wildman–Crippen LogP) is 2.58. The maximum absolute atomic E-state index is 11.8. The van der Waals surface area contributed by atoms with Gasteiger partial charge in [0.15, 0.2) is 11.0 Å². The van der Waals surface area contributed by atoms with Crippen molar-refractivity contribution in [3.05, 3.63) is 41.7 Å². The fourth-order valence-electron chi connectivity index (χ4n) is 3.45. The number of nitrogens with zero attached hydrogens (tertiary/aromatic N) is 5. The molecule has 0 saturated carbocycles. The third kappa shape index (κ3) is 4.62. The summed E-state index contributed by atoms with van der Waals surface area (Å²) in [5.41, 5.74) is 1.18. The fraction of sp³-hybridized carbons (Fsp3) is 0.500. The highest BCUT2D eigenvalue weighted by Gasteiger charge is 2.28. The van der Waals surface area contributed by atoms with Crippen LogP contribution in [-0.4, -0.2) is 62.8 Å². The lowest BCUT2D eigenvalue weighted by atomic mass is 10.2. The molecule has 0 radical (unpaired) electrons. The van der Waals surface area contributed by atoms with E-state index in [1.807, 2.05) is 32.3 Å². The van der Waals surface area contributed by atoms with Gasteiger partial charge in [0.2, 0.25) is 11.8 Å². The van der Waals surface area contributed by atoms with Gasteiger partial charge in [-0.1, -0.05) is 49.0 Å². The van der Waals surface area contributed by atoms with Crippen molar-refractivity contribution in [1.29, 1.82) is 0 Å². The Kier molecular flexibility index (Phi) is 6.85. The summed E-state index contributed by atoms with van der Waals surface area (Å²) in [5, 5.41) is 9.73. The van der Waals surface area contributed by atoms with Crippen molar-refractivity contribution in [3.63, 3.8) is 0 Å². The first kappa shape index (κ1) is 20.5. The second kappa shape index (κ2) is 9.34. The minimum Gasteiger partial charge on any atom is -0.300 e. The average Bonchev–Trinajstić information content (AvgIpc) is 3.21. The number of benzene rings is 1. The third-order valence-corrected chi connectivity index (χ3v) is 5.88. The van der Waals surface area contributed by atoms with Gasteiger partial charge in [-0.25, -0.2) is 0 Å². The molecule has 0 N–H and O–H groups in total. The van der Waals surface area contributed by atoms with E-state index in [1.165, 1.54) is 10.5 Å². The van der Waals surface area contributed by atoms with Crippen molar-refractivity contribution in [2.45, 2.75) is 43.9 Å². The number of likely N-dealkylation sites (tertiary alicyclic amines) is 1. The number of aromatic nitrogens is 3. The summed E-state index contributed by atoms with van der Waals surface area (Å²) in [4.78, 5) is 27.1. The van der Waals surface area contributed by atoms with Crippen LogP contribution in [-0.2, 0) is 16.1 Å². The Balaban J connectivity index is 1.78. The highest BCUT2D eigenvalue weighted by Crippen LogP contribution is 2.26. The van der Waals surface area contributed by atoms with Gasteiger partial charge in [0.05, 0.1) is 12.6 Å². The number of imide groups is 1. The normalized spacial score (nSPS) is 15.6. The van der Waals surface area contributed by atoms with Gasteiger partial charge in [0.1, 0.15) is 0 Å². The highest BCUT2D eigenvalue weighted by atomic mass is 32.2. The molecular weight excluding hydrogens is 374 g/mol. The van der Waals surface area contributed by atoms with E-state index in [1.54, 1.807) is 11.8 Å². The number of carbonyl (C=O) groups is 2. The number of hydrogen-bond acceptors (Lipinski definition) is 6. The van der Waals surface area contributed by atoms with Crippen LogP contribution in [0, 0.1) is 0 Å². The number of rotatable bonds is 9. The van der Waals surface area contributed by atoms with Gasteiger partial charge in [-0.15, -0.1) is 10.2 Å². The van der Waals surface area contributed by atoms with Gasteiger partial charge in [-0.05, 0) is 26.1 Å². The minimum atomic E-state index is -0.0734. The molecular formula is C20H27N5O2S. The monoisotopic (exact) mass is 401 g/mol. The molecule has 1 aromatic carbocycles. The van der Waals surface area contributed by atoms with E-state index in [2.05, 4.69) is 38.7 Å². The number of thioether (sulfide) groups is 1. The molecule has 3 rings (SSSR count). The Morgan fingerprint density at radius 2 is 1.79 bits per heavy atom. The van der Waals surface area contributed by atoms with E-state index in [0.717, 1.165) is 17.4 Å². The van der Waals surface area contributed by atoms with Crippen LogP contribution in [0.5, 0.6) is 0 Å². The quantitative estimate of drug-likeness (QED) is 0.475. The summed E-state index contributed by atoms with van der Waals surface area (Å²) >= 11 is 1.54. The molecule has 1 aliphatic rings. The smallest absolute Gasteiger partial charge is 0.229 e. The molecule has 8 heteroatoms. The van der Waals surface area contributed by atoms with Crippen molar-refractivity contribution >= 4 is 23.6 Å². The topological polar surface area (TPSA) is 71.3 Å². The Morgan fingerprint density at radius 3 is 2.39 bits per heavy atom. The molecule has 1 aromatic heterocycles.